The zero-order valence-electron chi connectivity index (χ0n) is 11.1. The van der Waals surface area contributed by atoms with Crippen LogP contribution in [0.15, 0.2) is 40.7 Å². The topological polar surface area (TPSA) is 62.3 Å². The lowest BCUT2D eigenvalue weighted by atomic mass is 10.3. The van der Waals surface area contributed by atoms with E-state index in [1.807, 2.05) is 18.2 Å². The number of hydrogen-bond donors (Lipinski definition) is 1. The van der Waals surface area contributed by atoms with Crippen molar-refractivity contribution in [3.05, 3.63) is 40.9 Å². The van der Waals surface area contributed by atoms with Crippen LogP contribution in [-0.2, 0) is 10.0 Å². The van der Waals surface area contributed by atoms with Gasteiger partial charge in [0.2, 0.25) is 10.0 Å². The number of pyridine rings is 1. The summed E-state index contributed by atoms with van der Waals surface area (Å²) in [4.78, 5) is 6.36. The fourth-order valence-electron chi connectivity index (χ4n) is 2.32. The molecule has 1 atom stereocenters. The third-order valence-corrected chi connectivity index (χ3v) is 6.54. The second-order valence-corrected chi connectivity index (χ2v) is 8.46. The maximum atomic E-state index is 12.3. The van der Waals surface area contributed by atoms with E-state index in [0.29, 0.717) is 10.9 Å². The van der Waals surface area contributed by atoms with E-state index in [1.54, 1.807) is 12.3 Å². The van der Waals surface area contributed by atoms with Crippen molar-refractivity contribution >= 4 is 38.8 Å². The number of thiophene rings is 1. The van der Waals surface area contributed by atoms with Gasteiger partial charge in [-0.2, -0.15) is 0 Å². The molecule has 0 amide bonds. The SMILES string of the molecule is O=S(=O)(NC1CCN(c2ccccn2)C1)c1ccc(Cl)s1. The highest BCUT2D eigenvalue weighted by molar-refractivity contribution is 7.91. The molecule has 8 heteroatoms. The first-order valence-electron chi connectivity index (χ1n) is 6.48. The predicted octanol–water partition coefficient (Wildman–Crippen LogP) is 2.35. The molecule has 0 radical (unpaired) electrons. The molecule has 3 heterocycles. The van der Waals surface area contributed by atoms with Crippen LogP contribution in [0.2, 0.25) is 4.34 Å². The summed E-state index contributed by atoms with van der Waals surface area (Å²) < 4.78 is 28.0. The highest BCUT2D eigenvalue weighted by Gasteiger charge is 2.28. The molecule has 1 aliphatic rings. The van der Waals surface area contributed by atoms with Gasteiger partial charge in [-0.05, 0) is 30.7 Å². The first-order valence-corrected chi connectivity index (χ1v) is 9.16. The molecule has 2 aromatic heterocycles. The van der Waals surface area contributed by atoms with Gasteiger partial charge in [0.25, 0.3) is 0 Å². The second-order valence-electron chi connectivity index (χ2n) is 4.80. The smallest absolute Gasteiger partial charge is 0.250 e. The average Bonchev–Trinajstić information content (AvgIpc) is 3.09. The monoisotopic (exact) mass is 343 g/mol. The Morgan fingerprint density at radius 2 is 2.19 bits per heavy atom. The number of halogens is 1. The molecule has 3 rings (SSSR count). The summed E-state index contributed by atoms with van der Waals surface area (Å²) in [5.41, 5.74) is 0. The van der Waals surface area contributed by atoms with Gasteiger partial charge < -0.3 is 4.90 Å². The molecule has 0 saturated carbocycles. The van der Waals surface area contributed by atoms with E-state index in [0.717, 1.165) is 30.1 Å². The summed E-state index contributed by atoms with van der Waals surface area (Å²) in [6, 6.07) is 8.72. The van der Waals surface area contributed by atoms with Crippen LogP contribution in [0.3, 0.4) is 0 Å². The Balaban J connectivity index is 1.67. The van der Waals surface area contributed by atoms with Gasteiger partial charge in [0.15, 0.2) is 0 Å². The molecule has 2 aromatic rings. The van der Waals surface area contributed by atoms with E-state index in [4.69, 9.17) is 11.6 Å². The quantitative estimate of drug-likeness (QED) is 0.925. The van der Waals surface area contributed by atoms with Gasteiger partial charge in [-0.15, -0.1) is 11.3 Å². The molecule has 21 heavy (non-hydrogen) atoms. The molecule has 1 unspecified atom stereocenters. The number of sulfonamides is 1. The van der Waals surface area contributed by atoms with Crippen LogP contribution >= 0.6 is 22.9 Å². The lowest BCUT2D eigenvalue weighted by Gasteiger charge is -2.17. The van der Waals surface area contributed by atoms with Crippen molar-refractivity contribution in [1.29, 1.82) is 0 Å². The lowest BCUT2D eigenvalue weighted by molar-refractivity contribution is 0.563. The Morgan fingerprint density at radius 3 is 2.86 bits per heavy atom. The summed E-state index contributed by atoms with van der Waals surface area (Å²) in [5, 5.41) is 0. The van der Waals surface area contributed by atoms with Gasteiger partial charge in [-0.1, -0.05) is 17.7 Å². The Labute approximate surface area is 132 Å². The van der Waals surface area contributed by atoms with E-state index in [9.17, 15) is 8.42 Å². The molecular weight excluding hydrogens is 330 g/mol. The third kappa shape index (κ3) is 3.37. The predicted molar refractivity (Wildman–Crippen MR) is 84.5 cm³/mol. The molecule has 0 bridgehead atoms. The molecule has 112 valence electrons. The van der Waals surface area contributed by atoms with E-state index in [2.05, 4.69) is 14.6 Å². The van der Waals surface area contributed by atoms with Gasteiger partial charge in [0.1, 0.15) is 10.0 Å². The van der Waals surface area contributed by atoms with Gasteiger partial charge in [0.05, 0.1) is 4.34 Å². The van der Waals surface area contributed by atoms with E-state index < -0.39 is 10.0 Å². The fourth-order valence-corrected chi connectivity index (χ4v) is 5.09. The number of anilines is 1. The number of nitrogens with zero attached hydrogens (tertiary/aromatic N) is 2. The van der Waals surface area contributed by atoms with Crippen molar-refractivity contribution < 1.29 is 8.42 Å². The Morgan fingerprint density at radius 1 is 1.33 bits per heavy atom. The van der Waals surface area contributed by atoms with Crippen LogP contribution in [0.5, 0.6) is 0 Å². The largest absolute Gasteiger partial charge is 0.355 e. The molecule has 0 aliphatic carbocycles. The van der Waals surface area contributed by atoms with Crippen LogP contribution in [0.25, 0.3) is 0 Å². The standard InChI is InChI=1S/C13H14ClN3O2S2/c14-11-4-5-13(20-11)21(18,19)16-10-6-8-17(9-10)12-3-1-2-7-15-12/h1-5,7,10,16H,6,8-9H2. The van der Waals surface area contributed by atoms with Crippen molar-refractivity contribution in [2.75, 3.05) is 18.0 Å². The number of hydrogen-bond acceptors (Lipinski definition) is 5. The van der Waals surface area contributed by atoms with Crippen LogP contribution in [0.1, 0.15) is 6.42 Å². The molecule has 0 aromatic carbocycles. The lowest BCUT2D eigenvalue weighted by Crippen LogP contribution is -2.36. The fraction of sp³-hybridized carbons (Fsp3) is 0.308. The molecule has 1 saturated heterocycles. The summed E-state index contributed by atoms with van der Waals surface area (Å²) in [7, 11) is -3.49. The maximum Gasteiger partial charge on any atom is 0.250 e. The zero-order chi connectivity index (χ0) is 14.9. The molecule has 1 aliphatic heterocycles. The second kappa shape index (κ2) is 5.92. The molecule has 5 nitrogen and oxygen atoms in total. The highest BCUT2D eigenvalue weighted by atomic mass is 35.5. The minimum absolute atomic E-state index is 0.113. The van der Waals surface area contributed by atoms with Crippen molar-refractivity contribution in [2.24, 2.45) is 0 Å². The number of nitrogens with one attached hydrogen (secondary N) is 1. The first kappa shape index (κ1) is 14.8. The average molecular weight is 344 g/mol. The molecule has 1 fully saturated rings. The van der Waals surface area contributed by atoms with Gasteiger partial charge in [0, 0.05) is 25.3 Å². The minimum Gasteiger partial charge on any atom is -0.355 e. The Bertz CT molecular complexity index is 718. The molecule has 1 N–H and O–H groups in total. The first-order chi connectivity index (χ1) is 10.0. The number of aromatic nitrogens is 1. The van der Waals surface area contributed by atoms with Crippen molar-refractivity contribution in [3.8, 4) is 0 Å². The number of rotatable bonds is 4. The highest BCUT2D eigenvalue weighted by Crippen LogP contribution is 2.26. The maximum absolute atomic E-state index is 12.3. The Hall–Kier alpha value is -1.15. The molecular formula is C13H14ClN3O2S2. The van der Waals surface area contributed by atoms with Crippen molar-refractivity contribution in [2.45, 2.75) is 16.7 Å². The minimum atomic E-state index is -3.49. The van der Waals surface area contributed by atoms with Crippen LogP contribution in [0, 0.1) is 0 Å². The summed E-state index contributed by atoms with van der Waals surface area (Å²) in [6.07, 6.45) is 2.50. The van der Waals surface area contributed by atoms with Crippen molar-refractivity contribution in [1.82, 2.24) is 9.71 Å². The van der Waals surface area contributed by atoms with Crippen LogP contribution in [0.4, 0.5) is 5.82 Å². The van der Waals surface area contributed by atoms with E-state index in [1.165, 1.54) is 6.07 Å². The van der Waals surface area contributed by atoms with Crippen LogP contribution < -0.4 is 9.62 Å². The van der Waals surface area contributed by atoms with E-state index in [-0.39, 0.29) is 10.3 Å². The Kier molecular flexibility index (Phi) is 4.17. The van der Waals surface area contributed by atoms with Crippen LogP contribution in [-0.4, -0.2) is 32.5 Å². The van der Waals surface area contributed by atoms with Gasteiger partial charge in [-0.3, -0.25) is 0 Å². The van der Waals surface area contributed by atoms with Crippen molar-refractivity contribution in [3.63, 3.8) is 0 Å². The normalized spacial score (nSPS) is 19.1. The summed E-state index contributed by atoms with van der Waals surface area (Å²) in [6.45, 7) is 1.41. The van der Waals surface area contributed by atoms with Gasteiger partial charge in [-0.25, -0.2) is 18.1 Å². The third-order valence-electron chi connectivity index (χ3n) is 3.30. The van der Waals surface area contributed by atoms with E-state index >= 15 is 0 Å². The zero-order valence-corrected chi connectivity index (χ0v) is 13.5. The summed E-state index contributed by atoms with van der Waals surface area (Å²) in [5.74, 6) is 0.873. The van der Waals surface area contributed by atoms with Gasteiger partial charge >= 0.3 is 0 Å². The molecule has 0 spiro atoms. The summed E-state index contributed by atoms with van der Waals surface area (Å²) >= 11 is 6.86.